The highest BCUT2D eigenvalue weighted by Gasteiger charge is 2.08. The Morgan fingerprint density at radius 2 is 2.24 bits per heavy atom. The number of nitrogens with one attached hydrogen (secondary N) is 1. The first-order chi connectivity index (χ1) is 8.04. The third kappa shape index (κ3) is 4.30. The summed E-state index contributed by atoms with van der Waals surface area (Å²) in [5, 5.41) is 12.3. The third-order valence-electron chi connectivity index (χ3n) is 2.52. The number of hydrogen-bond acceptors (Lipinski definition) is 3. The number of carbonyl (C=O) groups is 1. The van der Waals surface area contributed by atoms with Gasteiger partial charge in [-0.2, -0.15) is 11.8 Å². The highest BCUT2D eigenvalue weighted by molar-refractivity contribution is 7.98. The molecular weight excluding hydrogens is 234 g/mol. The molecule has 0 aliphatic heterocycles. The monoisotopic (exact) mass is 253 g/mol. The molecule has 17 heavy (non-hydrogen) atoms. The zero-order chi connectivity index (χ0) is 12.8. The van der Waals surface area contributed by atoms with Crippen LogP contribution >= 0.6 is 11.8 Å². The van der Waals surface area contributed by atoms with E-state index in [9.17, 15) is 9.90 Å². The first-order valence-electron chi connectivity index (χ1n) is 5.61. The number of aromatic hydroxyl groups is 1. The SMILES string of the molecule is CSCC(C)CNC(=O)c1ccc(O)c(C)c1. The van der Waals surface area contributed by atoms with Crippen molar-refractivity contribution in [1.29, 1.82) is 0 Å². The number of amides is 1. The first kappa shape index (κ1) is 13.9. The molecule has 1 aromatic carbocycles. The lowest BCUT2D eigenvalue weighted by Gasteiger charge is -2.11. The van der Waals surface area contributed by atoms with Gasteiger partial charge in [-0.15, -0.1) is 0 Å². The van der Waals surface area contributed by atoms with Gasteiger partial charge in [0.2, 0.25) is 0 Å². The Morgan fingerprint density at radius 3 is 2.82 bits per heavy atom. The molecule has 1 aromatic rings. The Hall–Kier alpha value is -1.16. The molecule has 0 aliphatic rings. The summed E-state index contributed by atoms with van der Waals surface area (Å²) in [5.41, 5.74) is 1.31. The van der Waals surface area contributed by atoms with E-state index in [0.717, 1.165) is 11.3 Å². The summed E-state index contributed by atoms with van der Waals surface area (Å²) in [6.45, 7) is 4.57. The van der Waals surface area contributed by atoms with E-state index in [-0.39, 0.29) is 11.7 Å². The van der Waals surface area contributed by atoms with E-state index >= 15 is 0 Å². The standard InChI is InChI=1S/C13H19NO2S/c1-9(8-17-3)7-14-13(16)11-4-5-12(15)10(2)6-11/h4-6,9,15H,7-8H2,1-3H3,(H,14,16). The van der Waals surface area contributed by atoms with E-state index in [0.29, 0.717) is 18.0 Å². The Balaban J connectivity index is 2.55. The van der Waals surface area contributed by atoms with Crippen molar-refractivity contribution in [2.75, 3.05) is 18.6 Å². The summed E-state index contributed by atoms with van der Waals surface area (Å²) in [7, 11) is 0. The normalized spacial score (nSPS) is 12.2. The molecule has 94 valence electrons. The lowest BCUT2D eigenvalue weighted by molar-refractivity contribution is 0.0949. The molecule has 0 spiro atoms. The lowest BCUT2D eigenvalue weighted by Crippen LogP contribution is -2.29. The van der Waals surface area contributed by atoms with Gasteiger partial charge in [-0.25, -0.2) is 0 Å². The van der Waals surface area contributed by atoms with Crippen molar-refractivity contribution in [2.45, 2.75) is 13.8 Å². The largest absolute Gasteiger partial charge is 0.508 e. The fourth-order valence-electron chi connectivity index (χ4n) is 1.51. The summed E-state index contributed by atoms with van der Waals surface area (Å²) < 4.78 is 0. The van der Waals surface area contributed by atoms with Crippen molar-refractivity contribution in [2.24, 2.45) is 5.92 Å². The second-order valence-electron chi connectivity index (χ2n) is 4.27. The molecule has 1 rings (SSSR count). The molecule has 1 unspecified atom stereocenters. The van der Waals surface area contributed by atoms with Gasteiger partial charge < -0.3 is 10.4 Å². The van der Waals surface area contributed by atoms with E-state index in [2.05, 4.69) is 18.5 Å². The smallest absolute Gasteiger partial charge is 0.251 e. The number of aryl methyl sites for hydroxylation is 1. The Morgan fingerprint density at radius 1 is 1.53 bits per heavy atom. The summed E-state index contributed by atoms with van der Waals surface area (Å²) in [6.07, 6.45) is 2.06. The Kier molecular flexibility index (Phi) is 5.35. The van der Waals surface area contributed by atoms with E-state index in [4.69, 9.17) is 0 Å². The minimum Gasteiger partial charge on any atom is -0.508 e. The molecule has 1 atom stereocenters. The van der Waals surface area contributed by atoms with E-state index in [1.807, 2.05) is 0 Å². The van der Waals surface area contributed by atoms with Crippen LogP contribution in [0.2, 0.25) is 0 Å². The predicted octanol–water partition coefficient (Wildman–Crippen LogP) is 2.43. The number of thioether (sulfide) groups is 1. The molecule has 0 saturated carbocycles. The van der Waals surface area contributed by atoms with Crippen molar-refractivity contribution in [3.05, 3.63) is 29.3 Å². The van der Waals surface area contributed by atoms with Gasteiger partial charge in [0.1, 0.15) is 5.75 Å². The van der Waals surface area contributed by atoms with Crippen LogP contribution in [0.4, 0.5) is 0 Å². The molecule has 0 bridgehead atoms. The van der Waals surface area contributed by atoms with Gasteiger partial charge in [-0.05, 0) is 48.6 Å². The van der Waals surface area contributed by atoms with Crippen LogP contribution in [0.25, 0.3) is 0 Å². The van der Waals surface area contributed by atoms with Crippen molar-refractivity contribution < 1.29 is 9.90 Å². The van der Waals surface area contributed by atoms with Gasteiger partial charge in [-0.1, -0.05) is 6.92 Å². The van der Waals surface area contributed by atoms with Crippen LogP contribution in [0.1, 0.15) is 22.8 Å². The highest BCUT2D eigenvalue weighted by atomic mass is 32.2. The van der Waals surface area contributed by atoms with Crippen molar-refractivity contribution in [1.82, 2.24) is 5.32 Å². The van der Waals surface area contributed by atoms with Gasteiger partial charge in [0.25, 0.3) is 5.91 Å². The minimum absolute atomic E-state index is 0.0824. The van der Waals surface area contributed by atoms with Crippen LogP contribution in [-0.4, -0.2) is 29.6 Å². The van der Waals surface area contributed by atoms with Gasteiger partial charge in [-0.3, -0.25) is 4.79 Å². The maximum Gasteiger partial charge on any atom is 0.251 e. The zero-order valence-electron chi connectivity index (χ0n) is 10.5. The number of phenolic OH excluding ortho intramolecular Hbond substituents is 1. The third-order valence-corrected chi connectivity index (χ3v) is 3.42. The summed E-state index contributed by atoms with van der Waals surface area (Å²) >= 11 is 1.78. The highest BCUT2D eigenvalue weighted by Crippen LogP contribution is 2.16. The predicted molar refractivity (Wildman–Crippen MR) is 72.7 cm³/mol. The van der Waals surface area contributed by atoms with Crippen molar-refractivity contribution in [3.8, 4) is 5.75 Å². The first-order valence-corrected chi connectivity index (χ1v) is 7.00. The summed E-state index contributed by atoms with van der Waals surface area (Å²) in [6, 6.07) is 4.89. The second kappa shape index (κ2) is 6.55. The fraction of sp³-hybridized carbons (Fsp3) is 0.462. The number of benzene rings is 1. The number of rotatable bonds is 5. The molecular formula is C13H19NO2S. The van der Waals surface area contributed by atoms with Crippen LogP contribution in [0.3, 0.4) is 0 Å². The maximum absolute atomic E-state index is 11.8. The molecule has 0 aromatic heterocycles. The van der Waals surface area contributed by atoms with Crippen molar-refractivity contribution in [3.63, 3.8) is 0 Å². The van der Waals surface area contributed by atoms with Crippen molar-refractivity contribution >= 4 is 17.7 Å². The van der Waals surface area contributed by atoms with E-state index in [1.165, 1.54) is 0 Å². The molecule has 0 aliphatic carbocycles. The van der Waals surface area contributed by atoms with Crippen LogP contribution in [0.5, 0.6) is 5.75 Å². The summed E-state index contributed by atoms with van der Waals surface area (Å²) in [4.78, 5) is 11.8. The molecule has 3 nitrogen and oxygen atoms in total. The molecule has 0 saturated heterocycles. The van der Waals surface area contributed by atoms with Crippen LogP contribution in [0, 0.1) is 12.8 Å². The zero-order valence-corrected chi connectivity index (χ0v) is 11.3. The fourth-order valence-corrected chi connectivity index (χ4v) is 2.20. The quantitative estimate of drug-likeness (QED) is 0.847. The van der Waals surface area contributed by atoms with Gasteiger partial charge in [0.15, 0.2) is 0 Å². The van der Waals surface area contributed by atoms with E-state index < -0.39 is 0 Å². The van der Waals surface area contributed by atoms with Gasteiger partial charge in [0, 0.05) is 12.1 Å². The molecule has 2 N–H and O–H groups in total. The molecule has 0 heterocycles. The average Bonchev–Trinajstić information content (AvgIpc) is 2.30. The van der Waals surface area contributed by atoms with Gasteiger partial charge in [0.05, 0.1) is 0 Å². The van der Waals surface area contributed by atoms with Gasteiger partial charge >= 0.3 is 0 Å². The van der Waals surface area contributed by atoms with Crippen LogP contribution in [-0.2, 0) is 0 Å². The molecule has 0 radical (unpaired) electrons. The van der Waals surface area contributed by atoms with E-state index in [1.54, 1.807) is 36.9 Å². The minimum atomic E-state index is -0.0824. The van der Waals surface area contributed by atoms with Crippen LogP contribution < -0.4 is 5.32 Å². The van der Waals surface area contributed by atoms with Crippen LogP contribution in [0.15, 0.2) is 18.2 Å². The average molecular weight is 253 g/mol. The molecule has 0 fully saturated rings. The molecule has 1 amide bonds. The Bertz CT molecular complexity index is 393. The maximum atomic E-state index is 11.8. The lowest BCUT2D eigenvalue weighted by atomic mass is 10.1. The number of phenols is 1. The topological polar surface area (TPSA) is 49.3 Å². The summed E-state index contributed by atoms with van der Waals surface area (Å²) in [5.74, 6) is 1.64. The second-order valence-corrected chi connectivity index (χ2v) is 5.18. The number of hydrogen-bond donors (Lipinski definition) is 2. The molecule has 4 heteroatoms. The Labute approximate surface area is 107 Å². The number of carbonyl (C=O) groups excluding carboxylic acids is 1.